The summed E-state index contributed by atoms with van der Waals surface area (Å²) in [6, 6.07) is 7.57. The summed E-state index contributed by atoms with van der Waals surface area (Å²) in [7, 11) is 1.34. The number of carbonyl (C=O) groups is 2. The zero-order valence-corrected chi connectivity index (χ0v) is 16.1. The lowest BCUT2D eigenvalue weighted by molar-refractivity contribution is -0.138. The summed E-state index contributed by atoms with van der Waals surface area (Å²) in [5.41, 5.74) is 1.18. The van der Waals surface area contributed by atoms with Crippen molar-refractivity contribution in [2.75, 3.05) is 12.4 Å². The van der Waals surface area contributed by atoms with Crippen molar-refractivity contribution in [2.24, 2.45) is 17.3 Å². The number of fused-ring (bicyclic) bond motifs is 1. The van der Waals surface area contributed by atoms with Crippen LogP contribution in [0.1, 0.15) is 49.0 Å². The van der Waals surface area contributed by atoms with Crippen molar-refractivity contribution in [3.63, 3.8) is 0 Å². The van der Waals surface area contributed by atoms with Gasteiger partial charge in [0.1, 0.15) is 5.69 Å². The lowest BCUT2D eigenvalue weighted by Crippen LogP contribution is -2.57. The number of halogens is 1. The van der Waals surface area contributed by atoms with Crippen molar-refractivity contribution in [2.45, 2.75) is 43.4 Å². The minimum Gasteiger partial charge on any atom is -0.464 e. The van der Waals surface area contributed by atoms with E-state index in [9.17, 15) is 9.59 Å². The molecular formula is C21H23ClN2O3. The molecule has 0 aliphatic heterocycles. The third-order valence-electron chi connectivity index (χ3n) is 6.81. The fraction of sp³-hybridized carbons (Fsp3) is 0.524. The summed E-state index contributed by atoms with van der Waals surface area (Å²) >= 11 is 6.89. The number of rotatable bonds is 3. The molecule has 0 saturated heterocycles. The van der Waals surface area contributed by atoms with Crippen LogP contribution in [0, 0.1) is 17.3 Å². The van der Waals surface area contributed by atoms with Crippen LogP contribution in [0.3, 0.4) is 0 Å². The zero-order valence-electron chi connectivity index (χ0n) is 15.3. The molecule has 0 unspecified atom stereocenters. The molecule has 2 aromatic rings. The molecule has 1 amide bonds. The van der Waals surface area contributed by atoms with Crippen LogP contribution in [0.25, 0.3) is 10.9 Å². The Hall–Kier alpha value is -2.01. The summed E-state index contributed by atoms with van der Waals surface area (Å²) in [5, 5.41) is 3.91. The molecule has 6 rings (SSSR count). The minimum atomic E-state index is -0.485. The van der Waals surface area contributed by atoms with Crippen LogP contribution < -0.4 is 5.32 Å². The summed E-state index contributed by atoms with van der Waals surface area (Å²) in [6.45, 7) is 0. The van der Waals surface area contributed by atoms with Crippen molar-refractivity contribution in [1.82, 2.24) is 4.98 Å². The molecule has 0 spiro atoms. The number of esters is 1. The van der Waals surface area contributed by atoms with Gasteiger partial charge in [0.15, 0.2) is 0 Å². The van der Waals surface area contributed by atoms with Crippen molar-refractivity contribution in [3.8, 4) is 0 Å². The highest BCUT2D eigenvalue weighted by Gasteiger charge is 2.60. The largest absolute Gasteiger partial charge is 0.464 e. The molecule has 4 aliphatic rings. The first-order valence-electron chi connectivity index (χ1n) is 9.61. The number of para-hydroxylation sites is 1. The molecule has 6 heteroatoms. The lowest BCUT2D eigenvalue weighted by atomic mass is 9.49. The molecule has 142 valence electrons. The number of methoxy groups -OCH3 is 1. The first kappa shape index (κ1) is 17.1. The molecular weight excluding hydrogens is 364 g/mol. The first-order valence-corrected chi connectivity index (χ1v) is 9.99. The number of aromatic nitrogens is 1. The van der Waals surface area contributed by atoms with Gasteiger partial charge in [-0.1, -0.05) is 18.2 Å². The topological polar surface area (TPSA) is 71.2 Å². The van der Waals surface area contributed by atoms with Crippen molar-refractivity contribution >= 4 is 40.1 Å². The number of benzene rings is 1. The second-order valence-electron chi connectivity index (χ2n) is 8.76. The Kier molecular flexibility index (Phi) is 3.64. The first-order chi connectivity index (χ1) is 12.9. The van der Waals surface area contributed by atoms with Crippen LogP contribution in [0.15, 0.2) is 24.3 Å². The molecule has 4 aliphatic carbocycles. The van der Waals surface area contributed by atoms with Crippen LogP contribution >= 0.6 is 11.6 Å². The van der Waals surface area contributed by atoms with E-state index in [4.69, 9.17) is 16.3 Å². The third-order valence-corrected chi connectivity index (χ3v) is 7.25. The molecule has 1 heterocycles. The molecule has 5 nitrogen and oxygen atoms in total. The molecule has 4 fully saturated rings. The normalized spacial score (nSPS) is 34.0. The Morgan fingerprint density at radius 2 is 1.89 bits per heavy atom. The van der Waals surface area contributed by atoms with E-state index < -0.39 is 11.4 Å². The van der Waals surface area contributed by atoms with E-state index in [0.29, 0.717) is 17.5 Å². The lowest BCUT2D eigenvalue weighted by Gasteiger charge is -2.59. The van der Waals surface area contributed by atoms with E-state index in [1.165, 1.54) is 13.5 Å². The Bertz CT molecular complexity index is 936. The molecule has 2 atom stereocenters. The molecule has 1 aromatic carbocycles. The molecule has 1 aromatic heterocycles. The smallest absolute Gasteiger partial charge is 0.356 e. The van der Waals surface area contributed by atoms with E-state index >= 15 is 0 Å². The highest BCUT2D eigenvalue weighted by atomic mass is 35.5. The van der Waals surface area contributed by atoms with E-state index in [1.54, 1.807) is 0 Å². The van der Waals surface area contributed by atoms with Gasteiger partial charge in [-0.25, -0.2) is 4.79 Å². The average molecular weight is 387 g/mol. The molecule has 0 radical (unpaired) electrons. The van der Waals surface area contributed by atoms with E-state index in [2.05, 4.69) is 10.3 Å². The highest BCUT2D eigenvalue weighted by Crippen LogP contribution is 2.64. The number of carbonyl (C=O) groups excluding carboxylic acids is 2. The van der Waals surface area contributed by atoms with Crippen molar-refractivity contribution in [1.29, 1.82) is 0 Å². The Labute approximate surface area is 162 Å². The van der Waals surface area contributed by atoms with Gasteiger partial charge in [-0.15, -0.1) is 11.6 Å². The number of hydrogen-bond acceptors (Lipinski definition) is 3. The highest BCUT2D eigenvalue weighted by molar-refractivity contribution is 6.24. The third kappa shape index (κ3) is 2.59. The second-order valence-corrected chi connectivity index (χ2v) is 9.56. The number of nitrogens with one attached hydrogen (secondary N) is 2. The maximum Gasteiger partial charge on any atom is 0.356 e. The predicted octanol–water partition coefficient (Wildman–Crippen LogP) is 4.47. The fourth-order valence-electron chi connectivity index (χ4n) is 6.19. The maximum absolute atomic E-state index is 13.5. The number of ether oxygens (including phenoxy) is 1. The summed E-state index contributed by atoms with van der Waals surface area (Å²) in [4.78, 5) is 28.6. The van der Waals surface area contributed by atoms with Gasteiger partial charge in [-0.05, 0) is 56.4 Å². The van der Waals surface area contributed by atoms with Gasteiger partial charge < -0.3 is 15.0 Å². The number of hydrogen-bond donors (Lipinski definition) is 2. The van der Waals surface area contributed by atoms with Gasteiger partial charge in [-0.2, -0.15) is 0 Å². The number of anilines is 1. The SMILES string of the molecule is COC(=O)c1[nH]c2ccccc2c1NC(=O)C12C[C@@H]3C[C@H](CC(Cl)(C3)C1)C2. The van der Waals surface area contributed by atoms with Crippen molar-refractivity contribution in [3.05, 3.63) is 30.0 Å². The summed E-state index contributed by atoms with van der Waals surface area (Å²) in [6.07, 6.45) is 5.79. The van der Waals surface area contributed by atoms with Crippen LogP contribution in [-0.4, -0.2) is 28.8 Å². The Morgan fingerprint density at radius 3 is 2.56 bits per heavy atom. The Morgan fingerprint density at radius 1 is 1.19 bits per heavy atom. The van der Waals surface area contributed by atoms with Gasteiger partial charge >= 0.3 is 5.97 Å². The molecule has 27 heavy (non-hydrogen) atoms. The van der Waals surface area contributed by atoms with Crippen LogP contribution in [0.4, 0.5) is 5.69 Å². The van der Waals surface area contributed by atoms with E-state index in [1.807, 2.05) is 24.3 Å². The van der Waals surface area contributed by atoms with Crippen molar-refractivity contribution < 1.29 is 14.3 Å². The number of aromatic amines is 1. The Balaban J connectivity index is 1.52. The summed E-state index contributed by atoms with van der Waals surface area (Å²) in [5.74, 6) is 0.590. The predicted molar refractivity (Wildman–Crippen MR) is 104 cm³/mol. The number of H-pyrrole nitrogens is 1. The number of alkyl halides is 1. The van der Waals surface area contributed by atoms with Gasteiger partial charge in [0.2, 0.25) is 5.91 Å². The van der Waals surface area contributed by atoms with Gasteiger partial charge in [-0.3, -0.25) is 4.79 Å². The van der Waals surface area contributed by atoms with E-state index in [-0.39, 0.29) is 16.5 Å². The molecule has 4 saturated carbocycles. The maximum atomic E-state index is 13.5. The van der Waals surface area contributed by atoms with Crippen LogP contribution in [0.5, 0.6) is 0 Å². The standard InChI is InChI=1S/C21H23ClN2O3/c1-27-18(25)17-16(14-4-2-3-5-15(14)23-17)24-19(26)20-7-12-6-13(8-20)10-21(22,9-12)11-20/h2-5,12-13,23H,6-11H2,1H3,(H,24,26)/t12-,13-,20?,21?/m0/s1. The van der Waals surface area contributed by atoms with Gasteiger partial charge in [0.25, 0.3) is 0 Å². The fourth-order valence-corrected chi connectivity index (χ4v) is 6.88. The monoisotopic (exact) mass is 386 g/mol. The van der Waals surface area contributed by atoms with Crippen LogP contribution in [-0.2, 0) is 9.53 Å². The van der Waals surface area contributed by atoms with Crippen LogP contribution in [0.2, 0.25) is 0 Å². The molecule has 4 bridgehead atoms. The zero-order chi connectivity index (χ0) is 18.8. The van der Waals surface area contributed by atoms with Gasteiger partial charge in [0.05, 0.1) is 18.2 Å². The number of amides is 1. The average Bonchev–Trinajstić information content (AvgIpc) is 2.97. The minimum absolute atomic E-state index is 0.00321. The molecule has 2 N–H and O–H groups in total. The van der Waals surface area contributed by atoms with Gasteiger partial charge in [0, 0.05) is 15.8 Å². The summed E-state index contributed by atoms with van der Waals surface area (Å²) < 4.78 is 4.91. The second kappa shape index (κ2) is 5.74. The van der Waals surface area contributed by atoms with E-state index in [0.717, 1.165) is 43.0 Å². The quantitative estimate of drug-likeness (QED) is 0.603.